The normalized spacial score (nSPS) is 11.6. The molecule has 112 valence electrons. The molecule has 0 amide bonds. The molecule has 0 N–H and O–H groups in total. The highest BCUT2D eigenvalue weighted by Gasteiger charge is 2.14. The summed E-state index contributed by atoms with van der Waals surface area (Å²) in [7, 11) is 4.13. The number of carbonyl (C=O) groups is 1. The Morgan fingerprint density at radius 1 is 1.15 bits per heavy atom. The van der Waals surface area contributed by atoms with Crippen molar-refractivity contribution in [2.75, 3.05) is 40.3 Å². The Labute approximate surface area is 136 Å². The molecule has 4 heteroatoms. The van der Waals surface area contributed by atoms with E-state index in [9.17, 15) is 4.79 Å². The SMILES string of the molecule is CC(C)CN(CCN(C)C)CC(=O)c1ccc(I)cc1. The summed E-state index contributed by atoms with van der Waals surface area (Å²) in [5.41, 5.74) is 0.809. The molecule has 20 heavy (non-hydrogen) atoms. The molecule has 0 fully saturated rings. The number of nitrogens with zero attached hydrogens (tertiary/aromatic N) is 2. The molecule has 0 aromatic heterocycles. The van der Waals surface area contributed by atoms with Gasteiger partial charge in [-0.1, -0.05) is 26.0 Å². The maximum absolute atomic E-state index is 12.3. The molecule has 0 aliphatic rings. The van der Waals surface area contributed by atoms with Crippen LogP contribution >= 0.6 is 22.6 Å². The van der Waals surface area contributed by atoms with E-state index in [2.05, 4.69) is 60.3 Å². The van der Waals surface area contributed by atoms with E-state index in [1.807, 2.05) is 24.3 Å². The molecule has 3 nitrogen and oxygen atoms in total. The molecule has 0 saturated heterocycles. The van der Waals surface area contributed by atoms with E-state index in [1.165, 1.54) is 0 Å². The molecule has 0 spiro atoms. The molecular weight excluding hydrogens is 363 g/mol. The third kappa shape index (κ3) is 6.81. The number of rotatable bonds is 8. The highest BCUT2D eigenvalue weighted by Crippen LogP contribution is 2.09. The van der Waals surface area contributed by atoms with Crippen LogP contribution < -0.4 is 0 Å². The third-order valence-corrected chi connectivity index (χ3v) is 3.74. The Bertz CT molecular complexity index is 415. The van der Waals surface area contributed by atoms with Gasteiger partial charge in [0.1, 0.15) is 0 Å². The van der Waals surface area contributed by atoms with Crippen molar-refractivity contribution in [3.8, 4) is 0 Å². The molecule has 1 rings (SSSR count). The predicted octanol–water partition coefficient (Wildman–Crippen LogP) is 2.99. The minimum Gasteiger partial charge on any atom is -0.308 e. The van der Waals surface area contributed by atoms with Gasteiger partial charge in [-0.05, 0) is 54.7 Å². The van der Waals surface area contributed by atoms with Gasteiger partial charge >= 0.3 is 0 Å². The quantitative estimate of drug-likeness (QED) is 0.505. The van der Waals surface area contributed by atoms with Crippen LogP contribution in [0.2, 0.25) is 0 Å². The minimum atomic E-state index is 0.209. The molecule has 0 aliphatic heterocycles. The molecule has 1 aromatic rings. The van der Waals surface area contributed by atoms with Gasteiger partial charge in [0, 0.05) is 28.8 Å². The highest BCUT2D eigenvalue weighted by atomic mass is 127. The summed E-state index contributed by atoms with van der Waals surface area (Å²) in [4.78, 5) is 16.7. The third-order valence-electron chi connectivity index (χ3n) is 3.02. The second-order valence-corrected chi connectivity index (χ2v) is 7.11. The van der Waals surface area contributed by atoms with Gasteiger partial charge < -0.3 is 4.90 Å². The van der Waals surface area contributed by atoms with Gasteiger partial charge in [0.05, 0.1) is 6.54 Å². The molecule has 0 atom stereocenters. The van der Waals surface area contributed by atoms with E-state index in [-0.39, 0.29) is 5.78 Å². The fraction of sp³-hybridized carbons (Fsp3) is 0.562. The van der Waals surface area contributed by atoms with Crippen LogP contribution in [-0.4, -0.2) is 55.9 Å². The van der Waals surface area contributed by atoms with Crippen molar-refractivity contribution in [1.82, 2.24) is 9.80 Å². The van der Waals surface area contributed by atoms with E-state index in [1.54, 1.807) is 0 Å². The zero-order valence-electron chi connectivity index (χ0n) is 12.9. The first-order valence-electron chi connectivity index (χ1n) is 7.04. The van der Waals surface area contributed by atoms with Gasteiger partial charge in [0.15, 0.2) is 5.78 Å². The zero-order chi connectivity index (χ0) is 15.1. The molecule has 1 aromatic carbocycles. The summed E-state index contributed by atoms with van der Waals surface area (Å²) in [5, 5.41) is 0. The fourth-order valence-electron chi connectivity index (χ4n) is 2.02. The van der Waals surface area contributed by atoms with Crippen LogP contribution in [0, 0.1) is 9.49 Å². The van der Waals surface area contributed by atoms with Gasteiger partial charge in [0.2, 0.25) is 0 Å². The summed E-state index contributed by atoms with van der Waals surface area (Å²) in [6.45, 7) is 7.76. The molecule has 0 aliphatic carbocycles. The number of halogens is 1. The Morgan fingerprint density at radius 2 is 1.75 bits per heavy atom. The number of likely N-dealkylation sites (N-methyl/N-ethyl adjacent to an activating group) is 1. The van der Waals surface area contributed by atoms with Gasteiger partial charge in [-0.25, -0.2) is 0 Å². The van der Waals surface area contributed by atoms with E-state index in [0.29, 0.717) is 12.5 Å². The van der Waals surface area contributed by atoms with Crippen molar-refractivity contribution in [1.29, 1.82) is 0 Å². The van der Waals surface area contributed by atoms with Crippen LogP contribution in [0.5, 0.6) is 0 Å². The van der Waals surface area contributed by atoms with Crippen LogP contribution in [0.1, 0.15) is 24.2 Å². The maximum Gasteiger partial charge on any atom is 0.176 e. The summed E-state index contributed by atoms with van der Waals surface area (Å²) in [6, 6.07) is 7.81. The predicted molar refractivity (Wildman–Crippen MR) is 93.3 cm³/mol. The second-order valence-electron chi connectivity index (χ2n) is 5.86. The summed E-state index contributed by atoms with van der Waals surface area (Å²) >= 11 is 2.25. The molecular formula is C16H25IN2O. The van der Waals surface area contributed by atoms with Crippen molar-refractivity contribution in [2.45, 2.75) is 13.8 Å². The highest BCUT2D eigenvalue weighted by molar-refractivity contribution is 14.1. The lowest BCUT2D eigenvalue weighted by Gasteiger charge is -2.25. The number of carbonyl (C=O) groups excluding carboxylic acids is 1. The number of Topliss-reactive ketones (excluding diaryl/α,β-unsaturated/α-hetero) is 1. The largest absolute Gasteiger partial charge is 0.308 e. The molecule has 0 saturated carbocycles. The van der Waals surface area contributed by atoms with Gasteiger partial charge in [-0.2, -0.15) is 0 Å². The summed E-state index contributed by atoms with van der Waals surface area (Å²) in [5.74, 6) is 0.780. The van der Waals surface area contributed by atoms with Gasteiger partial charge in [-0.15, -0.1) is 0 Å². The zero-order valence-corrected chi connectivity index (χ0v) is 15.1. The molecule has 0 bridgehead atoms. The lowest BCUT2D eigenvalue weighted by Crippen LogP contribution is -2.37. The standard InChI is InChI=1S/C16H25IN2O/c1-13(2)11-19(10-9-18(3)4)12-16(20)14-5-7-15(17)8-6-14/h5-8,13H,9-12H2,1-4H3. The first kappa shape index (κ1) is 17.6. The van der Waals surface area contributed by atoms with Crippen LogP contribution in [-0.2, 0) is 0 Å². The summed E-state index contributed by atoms with van der Waals surface area (Å²) < 4.78 is 1.16. The maximum atomic E-state index is 12.3. The van der Waals surface area contributed by atoms with Crippen LogP contribution in [0.25, 0.3) is 0 Å². The fourth-order valence-corrected chi connectivity index (χ4v) is 2.38. The minimum absolute atomic E-state index is 0.209. The van der Waals surface area contributed by atoms with Crippen molar-refractivity contribution in [2.24, 2.45) is 5.92 Å². The summed E-state index contributed by atoms with van der Waals surface area (Å²) in [6.07, 6.45) is 0. The molecule has 0 heterocycles. The van der Waals surface area contributed by atoms with Gasteiger partial charge in [-0.3, -0.25) is 9.69 Å². The topological polar surface area (TPSA) is 23.6 Å². The lowest BCUT2D eigenvalue weighted by molar-refractivity contribution is 0.0916. The van der Waals surface area contributed by atoms with Crippen LogP contribution in [0.15, 0.2) is 24.3 Å². The van der Waals surface area contributed by atoms with Crippen LogP contribution in [0.4, 0.5) is 0 Å². The Kier molecular flexibility index (Phi) is 7.69. The monoisotopic (exact) mass is 388 g/mol. The van der Waals surface area contributed by atoms with Crippen molar-refractivity contribution >= 4 is 28.4 Å². The second kappa shape index (κ2) is 8.74. The lowest BCUT2D eigenvalue weighted by atomic mass is 10.1. The Balaban J connectivity index is 2.62. The number of ketones is 1. The Morgan fingerprint density at radius 3 is 2.25 bits per heavy atom. The number of benzene rings is 1. The van der Waals surface area contributed by atoms with Crippen molar-refractivity contribution < 1.29 is 4.79 Å². The molecule has 0 unspecified atom stereocenters. The van der Waals surface area contributed by atoms with E-state index < -0.39 is 0 Å². The van der Waals surface area contributed by atoms with Gasteiger partial charge in [0.25, 0.3) is 0 Å². The van der Waals surface area contributed by atoms with Crippen molar-refractivity contribution in [3.63, 3.8) is 0 Å². The average Bonchev–Trinajstić information content (AvgIpc) is 2.36. The van der Waals surface area contributed by atoms with E-state index in [0.717, 1.165) is 28.8 Å². The number of hydrogen-bond acceptors (Lipinski definition) is 3. The first-order chi connectivity index (χ1) is 9.38. The smallest absolute Gasteiger partial charge is 0.176 e. The first-order valence-corrected chi connectivity index (χ1v) is 8.12. The van der Waals surface area contributed by atoms with E-state index >= 15 is 0 Å². The molecule has 0 radical (unpaired) electrons. The van der Waals surface area contributed by atoms with Crippen LogP contribution in [0.3, 0.4) is 0 Å². The average molecular weight is 388 g/mol. The van der Waals surface area contributed by atoms with Crippen molar-refractivity contribution in [3.05, 3.63) is 33.4 Å². The Hall–Kier alpha value is -0.460. The van der Waals surface area contributed by atoms with E-state index in [4.69, 9.17) is 0 Å². The number of hydrogen-bond donors (Lipinski definition) is 0.